The van der Waals surface area contributed by atoms with Crippen LogP contribution in [0.15, 0.2) is 107 Å². The number of halogens is 1. The van der Waals surface area contributed by atoms with Crippen LogP contribution < -0.4 is 10.2 Å². The minimum Gasteiger partial charge on any atom is -0.337 e. The van der Waals surface area contributed by atoms with E-state index >= 15 is 4.39 Å². The molecule has 3 heterocycles. The second-order valence-corrected chi connectivity index (χ2v) is 10.2. The van der Waals surface area contributed by atoms with Crippen LogP contribution in [0, 0.1) is 26.6 Å². The average molecular weight is 527 g/mol. The van der Waals surface area contributed by atoms with Gasteiger partial charge in [0.2, 0.25) is 0 Å². The quantitative estimate of drug-likeness (QED) is 0.262. The summed E-state index contributed by atoms with van der Waals surface area (Å²) in [5.74, 6) is 1.58. The first-order valence-electron chi connectivity index (χ1n) is 13.3. The number of nitrogens with one attached hydrogen (secondary N) is 1. The zero-order valence-corrected chi connectivity index (χ0v) is 22.4. The number of rotatable bonds is 3. The lowest BCUT2D eigenvalue weighted by atomic mass is 9.93. The molecule has 0 bridgehead atoms. The van der Waals surface area contributed by atoms with Crippen LogP contribution >= 0.6 is 0 Å². The summed E-state index contributed by atoms with van der Waals surface area (Å²) >= 11 is 0. The number of nitrogens with zero attached hydrogens (tertiary/aromatic N) is 5. The molecule has 0 amide bonds. The maximum Gasteiger partial charge on any atom is 0.179 e. The third-order valence-corrected chi connectivity index (χ3v) is 7.61. The Morgan fingerprint density at radius 3 is 2.33 bits per heavy atom. The van der Waals surface area contributed by atoms with E-state index in [-0.39, 0.29) is 5.82 Å². The van der Waals surface area contributed by atoms with Gasteiger partial charge in [0.05, 0.1) is 28.8 Å². The fourth-order valence-electron chi connectivity index (χ4n) is 5.49. The third-order valence-electron chi connectivity index (χ3n) is 7.61. The Labute approximate surface area is 232 Å². The van der Waals surface area contributed by atoms with Crippen molar-refractivity contribution in [2.24, 2.45) is 9.98 Å². The lowest BCUT2D eigenvalue weighted by molar-refractivity contribution is 0.597. The molecule has 4 aromatic carbocycles. The normalized spacial score (nSPS) is 15.5. The number of para-hydroxylation sites is 3. The molecule has 2 aliphatic rings. The second-order valence-electron chi connectivity index (χ2n) is 10.2. The number of aliphatic imine (C=N–C) groups is 2. The smallest absolute Gasteiger partial charge is 0.179 e. The number of anilines is 2. The van der Waals surface area contributed by atoms with Crippen molar-refractivity contribution in [2.45, 2.75) is 26.8 Å². The summed E-state index contributed by atoms with van der Waals surface area (Å²) < 4.78 is 17.5. The molecule has 0 fully saturated rings. The van der Waals surface area contributed by atoms with Gasteiger partial charge in [0.25, 0.3) is 0 Å². The van der Waals surface area contributed by atoms with E-state index in [1.807, 2.05) is 84.4 Å². The van der Waals surface area contributed by atoms with E-state index in [0.29, 0.717) is 23.1 Å². The molecule has 1 aromatic heterocycles. The van der Waals surface area contributed by atoms with Gasteiger partial charge in [-0.2, -0.15) is 5.10 Å². The van der Waals surface area contributed by atoms with Gasteiger partial charge in [0, 0.05) is 16.8 Å². The van der Waals surface area contributed by atoms with E-state index in [0.717, 1.165) is 34.0 Å². The lowest BCUT2D eigenvalue weighted by Gasteiger charge is -2.40. The molecule has 0 aliphatic carbocycles. The summed E-state index contributed by atoms with van der Waals surface area (Å²) in [4.78, 5) is 12.3. The van der Waals surface area contributed by atoms with Gasteiger partial charge in [0.15, 0.2) is 17.5 Å². The van der Waals surface area contributed by atoms with E-state index in [1.165, 1.54) is 17.2 Å². The molecule has 1 unspecified atom stereocenters. The number of aromatic nitrogens is 2. The molecule has 196 valence electrons. The number of hydrogen-bond donors (Lipinski definition) is 1. The zero-order chi connectivity index (χ0) is 27.4. The molecule has 2 aliphatic heterocycles. The van der Waals surface area contributed by atoms with Crippen molar-refractivity contribution in [1.82, 2.24) is 9.78 Å². The van der Waals surface area contributed by atoms with Crippen molar-refractivity contribution >= 4 is 34.6 Å². The van der Waals surface area contributed by atoms with Crippen LogP contribution in [-0.2, 0) is 0 Å². The van der Waals surface area contributed by atoms with Gasteiger partial charge in [-0.05, 0) is 74.4 Å². The third kappa shape index (κ3) is 3.81. The Balaban J connectivity index is 1.50. The topological polar surface area (TPSA) is 57.8 Å². The van der Waals surface area contributed by atoms with Crippen LogP contribution in [0.1, 0.15) is 34.0 Å². The van der Waals surface area contributed by atoms with Gasteiger partial charge < -0.3 is 10.2 Å². The number of fused-ring (bicyclic) bond motifs is 4. The van der Waals surface area contributed by atoms with Gasteiger partial charge in [-0.25, -0.2) is 19.1 Å². The van der Waals surface area contributed by atoms with Gasteiger partial charge in [-0.15, -0.1) is 0 Å². The molecule has 1 atom stereocenters. The highest BCUT2D eigenvalue weighted by Gasteiger charge is 2.42. The van der Waals surface area contributed by atoms with E-state index in [1.54, 1.807) is 6.07 Å². The number of hydrogen-bond acceptors (Lipinski definition) is 5. The predicted octanol–water partition coefficient (Wildman–Crippen LogP) is 7.73. The number of amidine groups is 2. The second kappa shape index (κ2) is 9.31. The standard InChI is InChI=1S/C33H27FN6/c1-20-17-18-23(19-21(20)2)35-31-33-37-32-29(22(3)38-40(32)24-11-5-4-6-12-24)30(25-13-7-8-14-26(25)34)39(33)28-16-10-9-15-27(28)36-31/h4-19,30H,1-3H3,(H,35,36). The van der Waals surface area contributed by atoms with E-state index in [9.17, 15) is 0 Å². The molecule has 5 aromatic rings. The zero-order valence-electron chi connectivity index (χ0n) is 22.4. The first-order valence-corrected chi connectivity index (χ1v) is 13.3. The molecule has 0 spiro atoms. The molecule has 1 N–H and O–H groups in total. The molecule has 7 rings (SSSR count). The fraction of sp³-hybridized carbons (Fsp3) is 0.121. The van der Waals surface area contributed by atoms with Crippen LogP contribution in [0.5, 0.6) is 0 Å². The summed E-state index contributed by atoms with van der Waals surface area (Å²) in [6.45, 7) is 6.14. The van der Waals surface area contributed by atoms with Crippen LogP contribution in [0.3, 0.4) is 0 Å². The molecule has 0 saturated carbocycles. The molecule has 40 heavy (non-hydrogen) atoms. The minimum absolute atomic E-state index is 0.282. The molecule has 6 nitrogen and oxygen atoms in total. The first-order chi connectivity index (χ1) is 19.5. The van der Waals surface area contributed by atoms with Crippen molar-refractivity contribution in [3.8, 4) is 5.69 Å². The highest BCUT2D eigenvalue weighted by Crippen LogP contribution is 2.48. The Bertz CT molecular complexity index is 1840. The highest BCUT2D eigenvalue weighted by molar-refractivity contribution is 6.51. The van der Waals surface area contributed by atoms with Crippen LogP contribution in [0.25, 0.3) is 5.69 Å². The Hall–Kier alpha value is -5.04. The summed E-state index contributed by atoms with van der Waals surface area (Å²) in [6, 6.07) is 30.5. The van der Waals surface area contributed by atoms with Gasteiger partial charge in [0.1, 0.15) is 5.82 Å². The van der Waals surface area contributed by atoms with Gasteiger partial charge in [-0.1, -0.05) is 54.6 Å². The Morgan fingerprint density at radius 2 is 1.52 bits per heavy atom. The van der Waals surface area contributed by atoms with Crippen molar-refractivity contribution in [2.75, 3.05) is 10.2 Å². The molecule has 7 heteroatoms. The Kier molecular flexibility index (Phi) is 5.59. The predicted molar refractivity (Wildman–Crippen MR) is 159 cm³/mol. The maximum absolute atomic E-state index is 15.7. The van der Waals surface area contributed by atoms with E-state index in [4.69, 9.17) is 15.1 Å². The van der Waals surface area contributed by atoms with Crippen LogP contribution in [-0.4, -0.2) is 21.5 Å². The van der Waals surface area contributed by atoms with Gasteiger partial charge in [-0.3, -0.25) is 0 Å². The summed E-state index contributed by atoms with van der Waals surface area (Å²) in [6.07, 6.45) is 0. The van der Waals surface area contributed by atoms with Gasteiger partial charge >= 0.3 is 0 Å². The summed E-state index contributed by atoms with van der Waals surface area (Å²) in [5.41, 5.74) is 8.02. The van der Waals surface area contributed by atoms with Crippen molar-refractivity contribution in [3.63, 3.8) is 0 Å². The SMILES string of the molecule is Cc1ccc(NC2=Nc3ccccc3N3C2=Nc2c(c(C)nn2-c2ccccc2)C3c2ccccc2F)cc1C. The van der Waals surface area contributed by atoms with E-state index in [2.05, 4.69) is 36.2 Å². The lowest BCUT2D eigenvalue weighted by Crippen LogP contribution is -2.46. The molecular weight excluding hydrogens is 499 g/mol. The number of benzene rings is 4. The fourth-order valence-corrected chi connectivity index (χ4v) is 5.49. The molecular formula is C33H27FN6. The van der Waals surface area contributed by atoms with Crippen LogP contribution in [0.2, 0.25) is 0 Å². The van der Waals surface area contributed by atoms with E-state index < -0.39 is 6.04 Å². The van der Waals surface area contributed by atoms with Crippen molar-refractivity contribution < 1.29 is 4.39 Å². The number of aryl methyl sites for hydroxylation is 3. The Morgan fingerprint density at radius 1 is 0.775 bits per heavy atom. The molecule has 0 radical (unpaired) electrons. The van der Waals surface area contributed by atoms with Crippen molar-refractivity contribution in [3.05, 3.63) is 131 Å². The largest absolute Gasteiger partial charge is 0.337 e. The van der Waals surface area contributed by atoms with Crippen molar-refractivity contribution in [1.29, 1.82) is 0 Å². The van der Waals surface area contributed by atoms with Crippen LogP contribution in [0.4, 0.5) is 27.3 Å². The molecule has 0 saturated heterocycles. The highest BCUT2D eigenvalue weighted by atomic mass is 19.1. The summed E-state index contributed by atoms with van der Waals surface area (Å²) in [5, 5.41) is 8.44. The average Bonchev–Trinajstić information content (AvgIpc) is 3.31. The minimum atomic E-state index is -0.505. The monoisotopic (exact) mass is 526 g/mol. The first kappa shape index (κ1) is 24.0. The maximum atomic E-state index is 15.7. The summed E-state index contributed by atoms with van der Waals surface area (Å²) in [7, 11) is 0.